The van der Waals surface area contributed by atoms with E-state index < -0.39 is 27.3 Å². The van der Waals surface area contributed by atoms with E-state index in [9.17, 15) is 22.0 Å². The number of carbonyl (C=O) groups is 1. The lowest BCUT2D eigenvalue weighted by Gasteiger charge is -2.10. The SMILES string of the molecule is CS(=O)(=O)NC(=O)c1cc(Cl)c(-n2nc(Cl)c3cc(OCc4ccc(F)cc4)ccc32)cc1F. The van der Waals surface area contributed by atoms with E-state index in [1.165, 1.54) is 16.8 Å². The molecule has 1 N–H and O–H groups in total. The Hall–Kier alpha value is -3.21. The maximum atomic E-state index is 14.7. The number of sulfonamides is 1. The summed E-state index contributed by atoms with van der Waals surface area (Å²) in [5, 5.41) is 4.73. The number of aromatic nitrogens is 2. The summed E-state index contributed by atoms with van der Waals surface area (Å²) in [6, 6.07) is 12.8. The third kappa shape index (κ3) is 5.14. The average molecular weight is 526 g/mol. The Kier molecular flexibility index (Phi) is 6.48. The molecule has 0 aliphatic rings. The lowest BCUT2D eigenvalue weighted by Crippen LogP contribution is -2.30. The van der Waals surface area contributed by atoms with Crippen LogP contribution in [-0.4, -0.2) is 30.4 Å². The quantitative estimate of drug-likeness (QED) is 0.387. The van der Waals surface area contributed by atoms with Gasteiger partial charge in [0.15, 0.2) is 5.15 Å². The molecule has 4 aromatic rings. The standard InChI is InChI=1S/C22H15Cl2F2N3O4S/c1-34(31,32)28-22(30)15-9-17(23)20(10-18(15)26)29-19-7-6-14(8-16(19)21(24)27-29)33-11-12-2-4-13(25)5-3-12/h2-10H,11H2,1H3,(H,28,30). The number of fused-ring (bicyclic) bond motifs is 1. The van der Waals surface area contributed by atoms with Crippen LogP contribution in [0.1, 0.15) is 15.9 Å². The number of halogens is 4. The van der Waals surface area contributed by atoms with Crippen LogP contribution in [0.5, 0.6) is 5.75 Å². The maximum Gasteiger partial charge on any atom is 0.267 e. The average Bonchev–Trinajstić information content (AvgIpc) is 3.09. The van der Waals surface area contributed by atoms with Gasteiger partial charge in [-0.2, -0.15) is 5.10 Å². The van der Waals surface area contributed by atoms with Crippen molar-refractivity contribution in [2.75, 3.05) is 6.26 Å². The van der Waals surface area contributed by atoms with Crippen molar-refractivity contribution in [2.24, 2.45) is 0 Å². The highest BCUT2D eigenvalue weighted by Gasteiger charge is 2.21. The first-order valence-corrected chi connectivity index (χ1v) is 12.2. The van der Waals surface area contributed by atoms with Crippen LogP contribution in [-0.2, 0) is 16.6 Å². The molecule has 0 fully saturated rings. The molecule has 0 bridgehead atoms. The molecule has 12 heteroatoms. The van der Waals surface area contributed by atoms with E-state index in [0.717, 1.165) is 24.0 Å². The summed E-state index contributed by atoms with van der Waals surface area (Å²) in [6.07, 6.45) is 0.772. The zero-order valence-electron chi connectivity index (χ0n) is 17.4. The molecule has 0 unspecified atom stereocenters. The van der Waals surface area contributed by atoms with Crippen LogP contribution in [0.25, 0.3) is 16.6 Å². The van der Waals surface area contributed by atoms with Gasteiger partial charge in [-0.15, -0.1) is 0 Å². The van der Waals surface area contributed by atoms with Gasteiger partial charge in [-0.25, -0.2) is 26.6 Å². The van der Waals surface area contributed by atoms with Crippen molar-refractivity contribution in [1.82, 2.24) is 14.5 Å². The first-order chi connectivity index (χ1) is 16.0. The third-order valence-electron chi connectivity index (χ3n) is 4.71. The zero-order chi connectivity index (χ0) is 24.6. The largest absolute Gasteiger partial charge is 0.489 e. The van der Waals surface area contributed by atoms with E-state index in [1.807, 2.05) is 0 Å². The lowest BCUT2D eigenvalue weighted by molar-refractivity contribution is 0.0978. The molecule has 7 nitrogen and oxygen atoms in total. The molecule has 3 aromatic carbocycles. The number of nitrogens with zero attached hydrogens (tertiary/aromatic N) is 2. The van der Waals surface area contributed by atoms with Gasteiger partial charge in [0.2, 0.25) is 10.0 Å². The zero-order valence-corrected chi connectivity index (χ0v) is 19.7. The van der Waals surface area contributed by atoms with Crippen LogP contribution in [0.15, 0.2) is 54.6 Å². The smallest absolute Gasteiger partial charge is 0.267 e. The normalized spacial score (nSPS) is 11.6. The predicted molar refractivity (Wildman–Crippen MR) is 124 cm³/mol. The fraction of sp³-hybridized carbons (Fsp3) is 0.0909. The van der Waals surface area contributed by atoms with Crippen molar-refractivity contribution >= 4 is 50.0 Å². The van der Waals surface area contributed by atoms with Gasteiger partial charge in [-0.3, -0.25) is 4.79 Å². The number of hydrogen-bond donors (Lipinski definition) is 1. The van der Waals surface area contributed by atoms with Crippen LogP contribution in [0.2, 0.25) is 10.2 Å². The number of carbonyl (C=O) groups excluding carboxylic acids is 1. The summed E-state index contributed by atoms with van der Waals surface area (Å²) < 4.78 is 59.0. The van der Waals surface area contributed by atoms with E-state index >= 15 is 0 Å². The molecule has 0 aliphatic carbocycles. The van der Waals surface area contributed by atoms with Crippen molar-refractivity contribution in [3.05, 3.63) is 87.5 Å². The number of ether oxygens (including phenoxy) is 1. The number of nitrogens with one attached hydrogen (secondary N) is 1. The summed E-state index contributed by atoms with van der Waals surface area (Å²) >= 11 is 12.6. The second kappa shape index (κ2) is 9.21. The molecule has 0 atom stereocenters. The monoisotopic (exact) mass is 525 g/mol. The second-order valence-corrected chi connectivity index (χ2v) is 9.80. The van der Waals surface area contributed by atoms with E-state index in [-0.39, 0.29) is 28.3 Å². The van der Waals surface area contributed by atoms with Gasteiger partial charge >= 0.3 is 0 Å². The van der Waals surface area contributed by atoms with Gasteiger partial charge in [0.05, 0.1) is 28.0 Å². The van der Waals surface area contributed by atoms with Gasteiger partial charge in [-0.1, -0.05) is 35.3 Å². The van der Waals surface area contributed by atoms with Crippen molar-refractivity contribution < 1.29 is 26.7 Å². The Morgan fingerprint density at radius 1 is 1.09 bits per heavy atom. The molecule has 0 spiro atoms. The summed E-state index contributed by atoms with van der Waals surface area (Å²) in [5.41, 5.74) is 0.796. The molecule has 1 aromatic heterocycles. The first-order valence-electron chi connectivity index (χ1n) is 9.59. The van der Waals surface area contributed by atoms with Crippen LogP contribution in [0.3, 0.4) is 0 Å². The Morgan fingerprint density at radius 3 is 2.47 bits per heavy atom. The van der Waals surface area contributed by atoms with E-state index in [4.69, 9.17) is 27.9 Å². The summed E-state index contributed by atoms with van der Waals surface area (Å²) in [4.78, 5) is 12.1. The molecule has 34 heavy (non-hydrogen) atoms. The van der Waals surface area contributed by atoms with E-state index in [1.54, 1.807) is 35.1 Å². The molecule has 0 saturated heterocycles. The minimum absolute atomic E-state index is 0.0576. The van der Waals surface area contributed by atoms with Crippen LogP contribution in [0, 0.1) is 11.6 Å². The highest BCUT2D eigenvalue weighted by molar-refractivity contribution is 7.89. The number of amides is 1. The minimum atomic E-state index is -3.89. The summed E-state index contributed by atoms with van der Waals surface area (Å²) in [5.74, 6) is -2.02. The molecule has 0 saturated carbocycles. The van der Waals surface area contributed by atoms with E-state index in [2.05, 4.69) is 5.10 Å². The number of hydrogen-bond acceptors (Lipinski definition) is 5. The molecule has 0 radical (unpaired) electrons. The Bertz CT molecular complexity index is 1520. The molecule has 4 rings (SSSR count). The molecule has 1 heterocycles. The molecule has 1 amide bonds. The van der Waals surface area contributed by atoms with Gasteiger partial charge in [0.25, 0.3) is 5.91 Å². The molecular weight excluding hydrogens is 511 g/mol. The van der Waals surface area contributed by atoms with Crippen LogP contribution < -0.4 is 9.46 Å². The highest BCUT2D eigenvalue weighted by atomic mass is 35.5. The van der Waals surface area contributed by atoms with Crippen molar-refractivity contribution in [2.45, 2.75) is 6.61 Å². The third-order valence-corrected chi connectivity index (χ3v) is 5.85. The number of benzene rings is 3. The van der Waals surface area contributed by atoms with Crippen molar-refractivity contribution in [3.63, 3.8) is 0 Å². The molecule has 0 aliphatic heterocycles. The number of rotatable bonds is 6. The Balaban J connectivity index is 1.65. The van der Waals surface area contributed by atoms with Crippen molar-refractivity contribution in [1.29, 1.82) is 0 Å². The van der Waals surface area contributed by atoms with Gasteiger partial charge in [-0.05, 0) is 42.0 Å². The van der Waals surface area contributed by atoms with Gasteiger partial charge < -0.3 is 4.74 Å². The highest BCUT2D eigenvalue weighted by Crippen LogP contribution is 2.32. The van der Waals surface area contributed by atoms with Gasteiger partial charge in [0.1, 0.15) is 24.0 Å². The fourth-order valence-corrected chi connectivity index (χ4v) is 4.09. The Labute approximate surface area is 202 Å². The fourth-order valence-electron chi connectivity index (χ4n) is 3.18. The van der Waals surface area contributed by atoms with E-state index in [0.29, 0.717) is 16.7 Å². The maximum absolute atomic E-state index is 14.7. The molecular formula is C22H15Cl2F2N3O4S. The van der Waals surface area contributed by atoms with Crippen LogP contribution in [0.4, 0.5) is 8.78 Å². The second-order valence-electron chi connectivity index (χ2n) is 7.28. The summed E-state index contributed by atoms with van der Waals surface area (Å²) in [6.45, 7) is 0.200. The lowest BCUT2D eigenvalue weighted by atomic mass is 10.1. The predicted octanol–water partition coefficient (Wildman–Crippen LogP) is 4.88. The minimum Gasteiger partial charge on any atom is -0.489 e. The summed E-state index contributed by atoms with van der Waals surface area (Å²) in [7, 11) is -3.89. The van der Waals surface area contributed by atoms with Crippen LogP contribution >= 0.6 is 23.2 Å². The van der Waals surface area contributed by atoms with Gasteiger partial charge in [0, 0.05) is 11.5 Å². The first kappa shape index (κ1) is 23.9. The Morgan fingerprint density at radius 2 is 1.79 bits per heavy atom. The topological polar surface area (TPSA) is 90.3 Å². The molecule has 176 valence electrons. The van der Waals surface area contributed by atoms with Crippen molar-refractivity contribution in [3.8, 4) is 11.4 Å².